The van der Waals surface area contributed by atoms with Crippen LogP contribution in [0.15, 0.2) is 0 Å². The molecule has 0 saturated heterocycles. The van der Waals surface area contributed by atoms with Gasteiger partial charge in [-0.15, -0.1) is 11.6 Å². The van der Waals surface area contributed by atoms with Crippen molar-refractivity contribution in [1.29, 1.82) is 0 Å². The zero-order chi connectivity index (χ0) is 4.28. The lowest BCUT2D eigenvalue weighted by Crippen LogP contribution is -1.79. The fraction of sp³-hybridized carbons (Fsp3) is 0.750. The highest BCUT2D eigenvalue weighted by Crippen LogP contribution is 1.94. The summed E-state index contributed by atoms with van der Waals surface area (Å²) >= 11 is 5.30. The second-order valence-electron chi connectivity index (χ2n) is 1.34. The third-order valence-electron chi connectivity index (χ3n) is 0.267. The fourth-order valence-corrected chi connectivity index (χ4v) is 0. The molecule has 0 bridgehead atoms. The van der Waals surface area contributed by atoms with E-state index in [1.54, 1.807) is 0 Å². The van der Waals surface area contributed by atoms with Gasteiger partial charge >= 0.3 is 0 Å². The molecule has 5 heavy (non-hydrogen) atoms. The summed E-state index contributed by atoms with van der Waals surface area (Å²) in [6.07, 6.45) is 0. The van der Waals surface area contributed by atoms with Crippen LogP contribution in [0.4, 0.5) is 0 Å². The van der Waals surface area contributed by atoms with Crippen molar-refractivity contribution in [3.63, 3.8) is 0 Å². The van der Waals surface area contributed by atoms with E-state index >= 15 is 0 Å². The van der Waals surface area contributed by atoms with E-state index in [1.807, 2.05) is 13.8 Å². The molecule has 0 aromatic heterocycles. The molecule has 0 unspecified atom stereocenters. The van der Waals surface area contributed by atoms with Crippen molar-refractivity contribution in [3.8, 4) is 0 Å². The number of halogens is 1. The molecule has 31 valence electrons. The number of alkyl halides is 1. The van der Waals surface area contributed by atoms with Crippen LogP contribution in [-0.2, 0) is 0 Å². The van der Waals surface area contributed by atoms with Crippen LogP contribution in [-0.4, -0.2) is 5.88 Å². The standard InChI is InChI=1S/C4H8Cl/c1-4(2)3-5/h3H2,1-2H3. The van der Waals surface area contributed by atoms with Crippen LogP contribution >= 0.6 is 11.6 Å². The lowest BCUT2D eigenvalue weighted by Gasteiger charge is -1.87. The summed E-state index contributed by atoms with van der Waals surface area (Å²) in [5.41, 5.74) is 0. The summed E-state index contributed by atoms with van der Waals surface area (Å²) in [5, 5.41) is 0. The molecular weight excluding hydrogens is 83.5 g/mol. The molecule has 0 aliphatic rings. The van der Waals surface area contributed by atoms with E-state index in [0.717, 1.165) is 0 Å². The molecule has 0 nitrogen and oxygen atoms in total. The molecule has 0 N–H and O–H groups in total. The van der Waals surface area contributed by atoms with Gasteiger partial charge in [0.05, 0.1) is 0 Å². The van der Waals surface area contributed by atoms with Crippen molar-refractivity contribution >= 4 is 11.6 Å². The van der Waals surface area contributed by atoms with E-state index in [-0.39, 0.29) is 0 Å². The van der Waals surface area contributed by atoms with Gasteiger partial charge in [0.2, 0.25) is 0 Å². The molecule has 0 fully saturated rings. The minimum atomic E-state index is 0.694. The Kier molecular flexibility index (Phi) is 2.67. The second-order valence-corrected chi connectivity index (χ2v) is 1.61. The zero-order valence-electron chi connectivity index (χ0n) is 3.59. The van der Waals surface area contributed by atoms with Gasteiger partial charge in [0.15, 0.2) is 0 Å². The third-order valence-corrected chi connectivity index (χ3v) is 0.802. The maximum Gasteiger partial charge on any atom is 0.0280 e. The van der Waals surface area contributed by atoms with Gasteiger partial charge in [0, 0.05) is 5.88 Å². The van der Waals surface area contributed by atoms with Crippen molar-refractivity contribution in [2.24, 2.45) is 0 Å². The molecule has 1 heteroatoms. The molecule has 0 aliphatic carbocycles. The highest BCUT2D eigenvalue weighted by Gasteiger charge is 1.83. The number of rotatable bonds is 1. The number of hydrogen-bond donors (Lipinski definition) is 0. The Balaban J connectivity index is 2.54. The van der Waals surface area contributed by atoms with Crippen LogP contribution in [0.3, 0.4) is 0 Å². The molecule has 0 atom stereocenters. The molecule has 0 rings (SSSR count). The molecule has 0 aliphatic heterocycles. The zero-order valence-corrected chi connectivity index (χ0v) is 4.34. The van der Waals surface area contributed by atoms with Crippen LogP contribution in [0, 0.1) is 5.92 Å². The second kappa shape index (κ2) is 2.52. The predicted molar refractivity (Wildman–Crippen MR) is 25.3 cm³/mol. The summed E-state index contributed by atoms with van der Waals surface area (Å²) < 4.78 is 0. The maximum absolute atomic E-state index is 5.30. The number of hydrogen-bond acceptors (Lipinski definition) is 0. The monoisotopic (exact) mass is 91.0 g/mol. The Morgan fingerprint density at radius 3 is 1.80 bits per heavy atom. The lowest BCUT2D eigenvalue weighted by atomic mass is 10.3. The highest BCUT2D eigenvalue weighted by atomic mass is 35.5. The van der Waals surface area contributed by atoms with Crippen LogP contribution in [0.25, 0.3) is 0 Å². The summed E-state index contributed by atoms with van der Waals surface area (Å²) in [4.78, 5) is 0. The fourth-order valence-electron chi connectivity index (χ4n) is 0. The van der Waals surface area contributed by atoms with Gasteiger partial charge in [-0.1, -0.05) is 13.8 Å². The van der Waals surface area contributed by atoms with Gasteiger partial charge in [-0.05, 0) is 5.92 Å². The molecule has 0 amide bonds. The van der Waals surface area contributed by atoms with Crippen molar-refractivity contribution in [1.82, 2.24) is 0 Å². The van der Waals surface area contributed by atoms with Gasteiger partial charge in [-0.25, -0.2) is 0 Å². The van der Waals surface area contributed by atoms with E-state index in [9.17, 15) is 0 Å². The SMILES string of the molecule is C[C](C)CCl. The van der Waals surface area contributed by atoms with E-state index in [1.165, 1.54) is 5.92 Å². The molecule has 0 saturated carbocycles. The van der Waals surface area contributed by atoms with Crippen LogP contribution in [0.1, 0.15) is 13.8 Å². The quantitative estimate of drug-likeness (QED) is 0.432. The van der Waals surface area contributed by atoms with E-state index in [0.29, 0.717) is 5.88 Å². The average molecular weight is 91.6 g/mol. The summed E-state index contributed by atoms with van der Waals surface area (Å²) in [7, 11) is 0. The molecule has 0 aromatic rings. The Labute approximate surface area is 38.1 Å². The largest absolute Gasteiger partial charge is 0.126 e. The normalized spacial score (nSPS) is 9.60. The summed E-state index contributed by atoms with van der Waals surface area (Å²) in [6, 6.07) is 0. The summed E-state index contributed by atoms with van der Waals surface area (Å²) in [6.45, 7) is 4.01. The Bertz CT molecular complexity index is 17.6. The first kappa shape index (κ1) is 5.29. The Morgan fingerprint density at radius 2 is 1.80 bits per heavy atom. The third kappa shape index (κ3) is 4.29. The molecule has 1 radical (unpaired) electrons. The first-order chi connectivity index (χ1) is 2.27. The molecule has 0 spiro atoms. The van der Waals surface area contributed by atoms with Crippen molar-refractivity contribution in [2.75, 3.05) is 5.88 Å². The van der Waals surface area contributed by atoms with Crippen LogP contribution < -0.4 is 0 Å². The van der Waals surface area contributed by atoms with Gasteiger partial charge in [-0.2, -0.15) is 0 Å². The Hall–Kier alpha value is 0.290. The minimum Gasteiger partial charge on any atom is -0.126 e. The average Bonchev–Trinajstić information content (AvgIpc) is 1.38. The molecular formula is C4H8Cl. The van der Waals surface area contributed by atoms with Gasteiger partial charge in [-0.3, -0.25) is 0 Å². The molecule has 0 heterocycles. The van der Waals surface area contributed by atoms with Gasteiger partial charge < -0.3 is 0 Å². The van der Waals surface area contributed by atoms with E-state index in [4.69, 9.17) is 11.6 Å². The minimum absolute atomic E-state index is 0.694. The highest BCUT2D eigenvalue weighted by molar-refractivity contribution is 6.19. The Morgan fingerprint density at radius 1 is 1.60 bits per heavy atom. The predicted octanol–water partition coefficient (Wildman–Crippen LogP) is 1.84. The first-order valence-electron chi connectivity index (χ1n) is 1.62. The topological polar surface area (TPSA) is 0 Å². The van der Waals surface area contributed by atoms with E-state index < -0.39 is 0 Å². The lowest BCUT2D eigenvalue weighted by molar-refractivity contribution is 1.11. The van der Waals surface area contributed by atoms with Gasteiger partial charge in [0.25, 0.3) is 0 Å². The van der Waals surface area contributed by atoms with Crippen LogP contribution in [0.5, 0.6) is 0 Å². The van der Waals surface area contributed by atoms with Crippen molar-refractivity contribution < 1.29 is 0 Å². The summed E-state index contributed by atoms with van der Waals surface area (Å²) in [5.74, 6) is 1.96. The first-order valence-corrected chi connectivity index (χ1v) is 2.16. The van der Waals surface area contributed by atoms with Crippen molar-refractivity contribution in [2.45, 2.75) is 13.8 Å². The van der Waals surface area contributed by atoms with Gasteiger partial charge in [0.1, 0.15) is 0 Å². The smallest absolute Gasteiger partial charge is 0.0280 e. The van der Waals surface area contributed by atoms with E-state index in [2.05, 4.69) is 0 Å². The maximum atomic E-state index is 5.30. The van der Waals surface area contributed by atoms with Crippen LogP contribution in [0.2, 0.25) is 0 Å². The molecule has 0 aromatic carbocycles. The van der Waals surface area contributed by atoms with Crippen molar-refractivity contribution in [3.05, 3.63) is 5.92 Å².